The fraction of sp³-hybridized carbons (Fsp3) is 0.533. The molecule has 0 radical (unpaired) electrons. The van der Waals surface area contributed by atoms with Gasteiger partial charge in [0, 0.05) is 10.0 Å². The molecule has 0 fully saturated rings. The number of nitrogens with one attached hydrogen (secondary N) is 1. The van der Waals surface area contributed by atoms with Gasteiger partial charge in [0.05, 0.1) is 0 Å². The summed E-state index contributed by atoms with van der Waals surface area (Å²) in [5.74, 6) is -2.48. The van der Waals surface area contributed by atoms with Gasteiger partial charge >= 0.3 is 0 Å². The summed E-state index contributed by atoms with van der Waals surface area (Å²) in [7, 11) is 0. The monoisotopic (exact) mass is 347 g/mol. The summed E-state index contributed by atoms with van der Waals surface area (Å²) in [5.41, 5.74) is -1.11. The Morgan fingerprint density at radius 2 is 1.60 bits per heavy atom. The van der Waals surface area contributed by atoms with Gasteiger partial charge in [0.15, 0.2) is 0 Å². The van der Waals surface area contributed by atoms with Gasteiger partial charge in [-0.1, -0.05) is 36.7 Å². The second-order valence-electron chi connectivity index (χ2n) is 6.82. The van der Waals surface area contributed by atoms with Crippen LogP contribution in [-0.2, 0) is 0 Å². The number of carbonyl (C=O) groups excluding carboxylic acids is 1. The number of halogens is 3. The first kappa shape index (κ1) is 17.1. The van der Waals surface area contributed by atoms with Crippen LogP contribution in [0, 0.1) is 17.0 Å². The van der Waals surface area contributed by atoms with Crippen LogP contribution in [0.1, 0.15) is 51.4 Å². The minimum Gasteiger partial charge on any atom is -0.347 e. The zero-order valence-electron chi connectivity index (χ0n) is 12.4. The Morgan fingerprint density at radius 1 is 1.15 bits per heavy atom. The Balaban J connectivity index is 2.98. The quantitative estimate of drug-likeness (QED) is 0.845. The fourth-order valence-corrected chi connectivity index (χ4v) is 2.90. The molecule has 5 heteroatoms. The van der Waals surface area contributed by atoms with Crippen LogP contribution in [0.15, 0.2) is 16.6 Å². The Kier molecular flexibility index (Phi) is 4.95. The van der Waals surface area contributed by atoms with E-state index in [9.17, 15) is 13.6 Å². The summed E-state index contributed by atoms with van der Waals surface area (Å²) < 4.78 is 27.7. The molecule has 0 unspecified atom stereocenters. The summed E-state index contributed by atoms with van der Waals surface area (Å²) in [6.45, 7) is 9.81. The molecule has 20 heavy (non-hydrogen) atoms. The summed E-state index contributed by atoms with van der Waals surface area (Å²) >= 11 is 2.99. The maximum Gasteiger partial charge on any atom is 0.257 e. The van der Waals surface area contributed by atoms with Crippen LogP contribution >= 0.6 is 15.9 Å². The molecular formula is C15H20BrF2NO. The molecule has 1 N–H and O–H groups in total. The minimum atomic E-state index is -0.874. The van der Waals surface area contributed by atoms with Crippen LogP contribution in [0.3, 0.4) is 0 Å². The Bertz CT molecular complexity index is 498. The van der Waals surface area contributed by atoms with Crippen molar-refractivity contribution in [1.29, 1.82) is 0 Å². The average Bonchev–Trinajstić information content (AvgIpc) is 2.08. The van der Waals surface area contributed by atoms with Crippen LogP contribution in [-0.4, -0.2) is 11.4 Å². The van der Waals surface area contributed by atoms with E-state index < -0.39 is 28.6 Å². The average molecular weight is 348 g/mol. The third-order valence-electron chi connectivity index (χ3n) is 2.66. The Labute approximate surface area is 127 Å². The van der Waals surface area contributed by atoms with Gasteiger partial charge < -0.3 is 5.32 Å². The lowest BCUT2D eigenvalue weighted by Crippen LogP contribution is -2.46. The van der Waals surface area contributed by atoms with Crippen molar-refractivity contribution in [2.45, 2.75) is 46.6 Å². The van der Waals surface area contributed by atoms with Gasteiger partial charge in [0.1, 0.15) is 17.2 Å². The summed E-state index contributed by atoms with van der Waals surface area (Å²) in [5, 5.41) is 2.70. The molecule has 0 aliphatic heterocycles. The van der Waals surface area contributed by atoms with E-state index in [1.165, 1.54) is 0 Å². The molecule has 2 nitrogen and oxygen atoms in total. The largest absolute Gasteiger partial charge is 0.347 e. The minimum absolute atomic E-state index is 0.00636. The van der Waals surface area contributed by atoms with Gasteiger partial charge in [-0.25, -0.2) is 8.78 Å². The molecular weight excluding hydrogens is 328 g/mol. The number of hydrogen-bond donors (Lipinski definition) is 1. The highest BCUT2D eigenvalue weighted by Gasteiger charge is 2.29. The molecule has 0 saturated heterocycles. The molecule has 0 bridgehead atoms. The van der Waals surface area contributed by atoms with E-state index in [1.807, 2.05) is 34.6 Å². The topological polar surface area (TPSA) is 29.1 Å². The van der Waals surface area contributed by atoms with Crippen molar-refractivity contribution in [2.75, 3.05) is 0 Å². The van der Waals surface area contributed by atoms with Gasteiger partial charge in [-0.15, -0.1) is 0 Å². The lowest BCUT2D eigenvalue weighted by Gasteiger charge is -2.33. The highest BCUT2D eigenvalue weighted by Crippen LogP contribution is 2.27. The first-order valence-electron chi connectivity index (χ1n) is 6.38. The maximum absolute atomic E-state index is 13.7. The van der Waals surface area contributed by atoms with Crippen molar-refractivity contribution in [3.8, 4) is 0 Å². The molecule has 1 aromatic rings. The van der Waals surface area contributed by atoms with Crippen molar-refractivity contribution in [3.05, 3.63) is 33.8 Å². The van der Waals surface area contributed by atoms with E-state index in [0.717, 1.165) is 12.1 Å². The number of benzene rings is 1. The van der Waals surface area contributed by atoms with Crippen LogP contribution in [0.25, 0.3) is 0 Å². The molecule has 0 spiro atoms. The molecule has 0 aromatic heterocycles. The lowest BCUT2D eigenvalue weighted by atomic mass is 9.81. The molecule has 112 valence electrons. The van der Waals surface area contributed by atoms with Crippen molar-refractivity contribution in [3.63, 3.8) is 0 Å². The Morgan fingerprint density at radius 3 is 2.00 bits per heavy atom. The van der Waals surface area contributed by atoms with Gasteiger partial charge in [0.25, 0.3) is 5.91 Å². The van der Waals surface area contributed by atoms with Gasteiger partial charge in [-0.05, 0) is 37.8 Å². The predicted octanol–water partition coefficient (Wildman–Crippen LogP) is 4.67. The zero-order chi connectivity index (χ0) is 15.7. The number of amides is 1. The Hall–Kier alpha value is -0.970. The molecule has 1 amide bonds. The smallest absolute Gasteiger partial charge is 0.257 e. The van der Waals surface area contributed by atoms with E-state index in [2.05, 4.69) is 21.2 Å². The van der Waals surface area contributed by atoms with Crippen LogP contribution in [0.4, 0.5) is 8.78 Å². The molecule has 0 saturated carbocycles. The molecule has 0 atom stereocenters. The van der Waals surface area contributed by atoms with Gasteiger partial charge in [-0.3, -0.25) is 4.79 Å². The number of carbonyl (C=O) groups is 1. The third-order valence-corrected chi connectivity index (χ3v) is 3.12. The third kappa shape index (κ3) is 4.85. The fourth-order valence-electron chi connectivity index (χ4n) is 2.50. The van der Waals surface area contributed by atoms with Crippen LogP contribution in [0.2, 0.25) is 0 Å². The number of rotatable bonds is 3. The zero-order valence-corrected chi connectivity index (χ0v) is 14.0. The van der Waals surface area contributed by atoms with Crippen LogP contribution in [0.5, 0.6) is 0 Å². The summed E-state index contributed by atoms with van der Waals surface area (Å²) in [6.07, 6.45) is 0.686. The van der Waals surface area contributed by atoms with E-state index in [0.29, 0.717) is 6.42 Å². The highest BCUT2D eigenvalue weighted by atomic mass is 79.9. The first-order valence-corrected chi connectivity index (χ1v) is 7.18. The summed E-state index contributed by atoms with van der Waals surface area (Å²) in [4.78, 5) is 12.1. The van der Waals surface area contributed by atoms with E-state index in [1.54, 1.807) is 0 Å². The molecule has 0 heterocycles. The van der Waals surface area contributed by atoms with E-state index in [-0.39, 0.29) is 9.89 Å². The predicted molar refractivity (Wildman–Crippen MR) is 79.7 cm³/mol. The molecule has 1 aromatic carbocycles. The number of hydrogen-bond acceptors (Lipinski definition) is 1. The van der Waals surface area contributed by atoms with E-state index in [4.69, 9.17) is 0 Å². The first-order chi connectivity index (χ1) is 8.91. The normalized spacial score (nSPS) is 12.4. The maximum atomic E-state index is 13.7. The SMILES string of the molecule is CC(C)(C)CC(C)(C)NC(=O)c1c(F)cc(Br)cc1F. The van der Waals surface area contributed by atoms with E-state index >= 15 is 0 Å². The molecule has 0 aliphatic rings. The molecule has 0 aliphatic carbocycles. The highest BCUT2D eigenvalue weighted by molar-refractivity contribution is 9.10. The lowest BCUT2D eigenvalue weighted by molar-refractivity contribution is 0.0883. The van der Waals surface area contributed by atoms with Gasteiger partial charge in [-0.2, -0.15) is 0 Å². The standard InChI is InChI=1S/C15H20BrF2NO/c1-14(2,3)8-15(4,5)19-13(20)12-10(17)6-9(16)7-11(12)18/h6-7H,8H2,1-5H3,(H,19,20). The summed E-state index contributed by atoms with van der Waals surface area (Å²) in [6, 6.07) is 2.16. The van der Waals surface area contributed by atoms with Crippen molar-refractivity contribution < 1.29 is 13.6 Å². The second-order valence-corrected chi connectivity index (χ2v) is 7.74. The van der Waals surface area contributed by atoms with Crippen LogP contribution < -0.4 is 5.32 Å². The van der Waals surface area contributed by atoms with Crippen molar-refractivity contribution in [1.82, 2.24) is 5.32 Å². The van der Waals surface area contributed by atoms with Gasteiger partial charge in [0.2, 0.25) is 0 Å². The molecule has 1 rings (SSSR count). The second kappa shape index (κ2) is 5.80. The van der Waals surface area contributed by atoms with Crippen molar-refractivity contribution >= 4 is 21.8 Å². The van der Waals surface area contributed by atoms with Crippen molar-refractivity contribution in [2.24, 2.45) is 5.41 Å².